The highest BCUT2D eigenvalue weighted by Gasteiger charge is 2.18. The van der Waals surface area contributed by atoms with Gasteiger partial charge in [0.2, 0.25) is 11.2 Å². The first-order valence-electron chi connectivity index (χ1n) is 3.87. The zero-order valence-corrected chi connectivity index (χ0v) is 9.60. The molecule has 0 N–H and O–H groups in total. The van der Waals surface area contributed by atoms with Crippen LogP contribution in [-0.4, -0.2) is 13.1 Å². The van der Waals surface area contributed by atoms with Gasteiger partial charge in [0.15, 0.2) is 0 Å². The zero-order chi connectivity index (χ0) is 10.9. The summed E-state index contributed by atoms with van der Waals surface area (Å²) in [5.74, 6) is -0.325. The third-order valence-corrected chi connectivity index (χ3v) is 2.73. The third-order valence-electron chi connectivity index (χ3n) is 1.82. The Bertz CT molecular complexity index is 433. The molecule has 1 aromatic heterocycles. The van der Waals surface area contributed by atoms with E-state index in [0.29, 0.717) is 10.2 Å². The van der Waals surface area contributed by atoms with Gasteiger partial charge in [-0.15, -0.1) is 0 Å². The van der Waals surface area contributed by atoms with E-state index in [4.69, 9.17) is 4.42 Å². The fourth-order valence-corrected chi connectivity index (χ4v) is 1.37. The van der Waals surface area contributed by atoms with Gasteiger partial charge in [-0.05, 0) is 29.8 Å². The van der Waals surface area contributed by atoms with Crippen LogP contribution in [0.3, 0.4) is 0 Å². The molecule has 0 saturated heterocycles. The Morgan fingerprint density at radius 2 is 2.00 bits per heavy atom. The molecule has 0 aliphatic carbocycles. The van der Waals surface area contributed by atoms with Crippen molar-refractivity contribution in [2.45, 2.75) is 13.8 Å². The van der Waals surface area contributed by atoms with E-state index in [1.807, 2.05) is 0 Å². The van der Waals surface area contributed by atoms with Crippen LogP contribution < -0.4 is 5.43 Å². The summed E-state index contributed by atoms with van der Waals surface area (Å²) in [5, 5.41) is 0. The quantitative estimate of drug-likeness (QED) is 0.723. The smallest absolute Gasteiger partial charge is 0.374 e. The van der Waals surface area contributed by atoms with Gasteiger partial charge in [0.25, 0.3) is 0 Å². The molecule has 1 aromatic rings. The molecule has 1 rings (SSSR count). The largest absolute Gasteiger partial charge is 0.463 e. The lowest BCUT2D eigenvalue weighted by Crippen LogP contribution is -2.15. The highest BCUT2D eigenvalue weighted by molar-refractivity contribution is 9.10. The van der Waals surface area contributed by atoms with Crippen LogP contribution in [0.25, 0.3) is 0 Å². The van der Waals surface area contributed by atoms with Crippen molar-refractivity contribution in [3.63, 3.8) is 0 Å². The molecule has 0 atom stereocenters. The summed E-state index contributed by atoms with van der Waals surface area (Å²) in [6, 6.07) is 0. The van der Waals surface area contributed by atoms with Gasteiger partial charge in [-0.1, -0.05) is 0 Å². The number of halogens is 1. The summed E-state index contributed by atoms with van der Waals surface area (Å²) < 4.78 is 9.97. The van der Waals surface area contributed by atoms with Crippen LogP contribution in [0.5, 0.6) is 0 Å². The second-order valence-electron chi connectivity index (χ2n) is 2.75. The fraction of sp³-hybridized carbons (Fsp3) is 0.333. The van der Waals surface area contributed by atoms with Gasteiger partial charge in [-0.2, -0.15) is 0 Å². The molecule has 0 saturated carbocycles. The van der Waals surface area contributed by atoms with E-state index in [9.17, 15) is 9.59 Å². The summed E-state index contributed by atoms with van der Waals surface area (Å²) in [6.45, 7) is 3.11. The Hall–Kier alpha value is -1.10. The van der Waals surface area contributed by atoms with Gasteiger partial charge >= 0.3 is 5.97 Å². The number of ether oxygens (including phenoxy) is 1. The lowest BCUT2D eigenvalue weighted by atomic mass is 10.2. The van der Waals surface area contributed by atoms with Gasteiger partial charge in [0.1, 0.15) is 10.2 Å². The number of carbonyl (C=O) groups excluding carboxylic acids is 1. The van der Waals surface area contributed by atoms with Crippen molar-refractivity contribution in [3.8, 4) is 0 Å². The molecule has 0 unspecified atom stereocenters. The lowest BCUT2D eigenvalue weighted by molar-refractivity contribution is 0.0558. The van der Waals surface area contributed by atoms with Crippen LogP contribution in [0, 0.1) is 13.8 Å². The molecule has 0 aliphatic heterocycles. The standard InChI is InChI=1S/C9H9BrO4/c1-4-7(11)6(10)5(2)14-8(4)9(12)13-3/h1-3H3. The number of hydrogen-bond donors (Lipinski definition) is 0. The monoisotopic (exact) mass is 260 g/mol. The number of rotatable bonds is 1. The number of aryl methyl sites for hydroxylation is 1. The molecule has 0 aliphatic rings. The predicted octanol–water partition coefficient (Wildman–Crippen LogP) is 1.81. The molecule has 0 fully saturated rings. The molecule has 0 radical (unpaired) electrons. The molecular weight excluding hydrogens is 252 g/mol. The number of hydrogen-bond acceptors (Lipinski definition) is 4. The van der Waals surface area contributed by atoms with Gasteiger partial charge in [-0.25, -0.2) is 4.79 Å². The van der Waals surface area contributed by atoms with Crippen LogP contribution in [0.15, 0.2) is 13.7 Å². The number of methoxy groups -OCH3 is 1. The zero-order valence-electron chi connectivity index (χ0n) is 8.01. The highest BCUT2D eigenvalue weighted by atomic mass is 79.9. The van der Waals surface area contributed by atoms with Crippen molar-refractivity contribution in [1.82, 2.24) is 0 Å². The van der Waals surface area contributed by atoms with Crippen molar-refractivity contribution in [2.24, 2.45) is 0 Å². The minimum absolute atomic E-state index is 0.0433. The fourth-order valence-electron chi connectivity index (χ4n) is 0.990. The van der Waals surface area contributed by atoms with Gasteiger partial charge < -0.3 is 9.15 Å². The SMILES string of the molecule is COC(=O)c1oc(C)c(Br)c(=O)c1C. The second-order valence-corrected chi connectivity index (χ2v) is 3.54. The summed E-state index contributed by atoms with van der Waals surface area (Å²) in [4.78, 5) is 22.7. The first-order chi connectivity index (χ1) is 6.49. The van der Waals surface area contributed by atoms with Crippen LogP contribution >= 0.6 is 15.9 Å². The molecule has 0 amide bonds. The summed E-state index contributed by atoms with van der Waals surface area (Å²) in [5.41, 5.74) is -0.0107. The summed E-state index contributed by atoms with van der Waals surface area (Å²) in [6.07, 6.45) is 0. The molecule has 0 spiro atoms. The third kappa shape index (κ3) is 1.72. The molecule has 14 heavy (non-hydrogen) atoms. The van der Waals surface area contributed by atoms with E-state index in [1.54, 1.807) is 6.92 Å². The lowest BCUT2D eigenvalue weighted by Gasteiger charge is -2.04. The van der Waals surface area contributed by atoms with E-state index < -0.39 is 5.97 Å². The van der Waals surface area contributed by atoms with Crippen molar-refractivity contribution < 1.29 is 13.9 Å². The first kappa shape index (κ1) is 11.0. The van der Waals surface area contributed by atoms with Gasteiger partial charge in [0.05, 0.1) is 7.11 Å². The van der Waals surface area contributed by atoms with E-state index in [1.165, 1.54) is 14.0 Å². The average molecular weight is 261 g/mol. The topological polar surface area (TPSA) is 56.5 Å². The van der Waals surface area contributed by atoms with Gasteiger partial charge in [-0.3, -0.25) is 4.79 Å². The van der Waals surface area contributed by atoms with Crippen LogP contribution in [0.2, 0.25) is 0 Å². The summed E-state index contributed by atoms with van der Waals surface area (Å²) in [7, 11) is 1.24. The second kappa shape index (κ2) is 3.96. The number of esters is 1. The molecule has 1 heterocycles. The van der Waals surface area contributed by atoms with E-state index >= 15 is 0 Å². The average Bonchev–Trinajstić information content (AvgIpc) is 2.19. The van der Waals surface area contributed by atoms with Crippen molar-refractivity contribution in [2.75, 3.05) is 7.11 Å². The van der Waals surface area contributed by atoms with Crippen LogP contribution in [-0.2, 0) is 4.74 Å². The summed E-state index contributed by atoms with van der Waals surface area (Å²) >= 11 is 3.08. The molecule has 76 valence electrons. The predicted molar refractivity (Wildman–Crippen MR) is 53.5 cm³/mol. The van der Waals surface area contributed by atoms with E-state index in [2.05, 4.69) is 20.7 Å². The number of carbonyl (C=O) groups is 1. The minimum atomic E-state index is -0.643. The maximum absolute atomic E-state index is 11.5. The molecule has 0 aromatic carbocycles. The Labute approximate surface area is 89.0 Å². The normalized spacial score (nSPS) is 10.0. The van der Waals surface area contributed by atoms with Crippen molar-refractivity contribution in [3.05, 3.63) is 31.8 Å². The van der Waals surface area contributed by atoms with E-state index in [-0.39, 0.29) is 16.8 Å². The van der Waals surface area contributed by atoms with Crippen molar-refractivity contribution >= 4 is 21.9 Å². The Balaban J connectivity index is 3.49. The van der Waals surface area contributed by atoms with E-state index in [0.717, 1.165) is 0 Å². The van der Waals surface area contributed by atoms with Crippen LogP contribution in [0.1, 0.15) is 21.9 Å². The first-order valence-corrected chi connectivity index (χ1v) is 4.66. The Kier molecular flexibility index (Phi) is 3.10. The molecule has 5 heteroatoms. The Morgan fingerprint density at radius 1 is 1.43 bits per heavy atom. The highest BCUT2D eigenvalue weighted by Crippen LogP contribution is 2.16. The van der Waals surface area contributed by atoms with Crippen LogP contribution in [0.4, 0.5) is 0 Å². The maximum atomic E-state index is 11.5. The molecular formula is C9H9BrO4. The van der Waals surface area contributed by atoms with Gasteiger partial charge in [0, 0.05) is 5.56 Å². The molecule has 4 nitrogen and oxygen atoms in total. The maximum Gasteiger partial charge on any atom is 0.374 e. The minimum Gasteiger partial charge on any atom is -0.463 e. The van der Waals surface area contributed by atoms with Crippen molar-refractivity contribution in [1.29, 1.82) is 0 Å². The Morgan fingerprint density at radius 3 is 2.50 bits per heavy atom. The molecule has 0 bridgehead atoms.